The molecule has 31 heavy (non-hydrogen) atoms. The van der Waals surface area contributed by atoms with Crippen molar-refractivity contribution < 1.29 is 22.4 Å². The van der Waals surface area contributed by atoms with Crippen molar-refractivity contribution in [3.63, 3.8) is 0 Å². The normalized spacial score (nSPS) is 15.2. The van der Waals surface area contributed by atoms with Crippen molar-refractivity contribution in [2.45, 2.75) is 25.1 Å². The van der Waals surface area contributed by atoms with E-state index in [-0.39, 0.29) is 26.9 Å². The van der Waals surface area contributed by atoms with E-state index in [1.807, 2.05) is 5.32 Å². The van der Waals surface area contributed by atoms with Crippen molar-refractivity contribution in [3.05, 3.63) is 68.3 Å². The maximum atomic E-state index is 14.6. The highest BCUT2D eigenvalue weighted by molar-refractivity contribution is 6.32. The molecule has 1 saturated carbocycles. The Balaban J connectivity index is 1.91. The Hall–Kier alpha value is -2.65. The number of nitrogens with zero attached hydrogens (tertiary/aromatic N) is 2. The van der Waals surface area contributed by atoms with Crippen LogP contribution in [0.25, 0.3) is 16.7 Å². The molecule has 162 valence electrons. The first-order valence-corrected chi connectivity index (χ1v) is 9.87. The van der Waals surface area contributed by atoms with Crippen LogP contribution in [0.3, 0.4) is 0 Å². The molecule has 1 N–H and O–H groups in total. The number of nitrogens with one attached hydrogen (secondary N) is 1. The molecule has 0 radical (unpaired) electrons. The van der Waals surface area contributed by atoms with Crippen LogP contribution in [-0.2, 0) is 0 Å². The molecular formula is C20H13Cl2F4N3O2. The number of para-hydroxylation sites is 1. The fourth-order valence-corrected chi connectivity index (χ4v) is 3.74. The van der Waals surface area contributed by atoms with Gasteiger partial charge < -0.3 is 5.32 Å². The lowest BCUT2D eigenvalue weighted by Gasteiger charge is -2.21. The molecule has 0 unspecified atom stereocenters. The number of benzene rings is 1. The third-order valence-electron chi connectivity index (χ3n) is 4.97. The lowest BCUT2D eigenvalue weighted by Crippen LogP contribution is -2.48. The van der Waals surface area contributed by atoms with Crippen molar-refractivity contribution in [1.82, 2.24) is 14.9 Å². The average Bonchev–Trinajstić information content (AvgIpc) is 3.51. The molecule has 0 bridgehead atoms. The summed E-state index contributed by atoms with van der Waals surface area (Å²) in [5, 5.41) is 1.69. The summed E-state index contributed by atoms with van der Waals surface area (Å²) < 4.78 is 55.7. The van der Waals surface area contributed by atoms with E-state index >= 15 is 0 Å². The smallest absolute Gasteiger partial charge is 0.340 e. The number of fused-ring (bicyclic) bond motifs is 1. The van der Waals surface area contributed by atoms with Crippen LogP contribution in [0.2, 0.25) is 10.2 Å². The number of rotatable bonds is 4. The number of amides is 1. The van der Waals surface area contributed by atoms with Gasteiger partial charge in [-0.3, -0.25) is 14.2 Å². The molecule has 1 aromatic carbocycles. The lowest BCUT2D eigenvalue weighted by molar-refractivity contribution is -0.158. The Labute approximate surface area is 182 Å². The molecule has 1 amide bonds. The molecule has 2 aromatic heterocycles. The summed E-state index contributed by atoms with van der Waals surface area (Å²) in [5.41, 5.74) is -1.80. The van der Waals surface area contributed by atoms with Crippen molar-refractivity contribution in [2.75, 3.05) is 0 Å². The highest BCUT2D eigenvalue weighted by Gasteiger charge is 2.49. The van der Waals surface area contributed by atoms with Gasteiger partial charge in [0.25, 0.3) is 5.91 Å². The standard InChI is InChI=1S/C20H13Cl2F4N3O2/c21-12-2-1-3-13(23)15(12)29-8-11(16(30)10-6-7-14(22)27-18(10)29)19(31)28-17(9-4-5-9)20(24,25)26/h1-3,6-9,17H,4-5H2,(H,28,31)/t17-/m0/s1. The van der Waals surface area contributed by atoms with E-state index in [4.69, 9.17) is 23.2 Å². The highest BCUT2D eigenvalue weighted by Crippen LogP contribution is 2.40. The van der Waals surface area contributed by atoms with E-state index < -0.39 is 40.9 Å². The van der Waals surface area contributed by atoms with Crippen LogP contribution >= 0.6 is 23.2 Å². The maximum Gasteiger partial charge on any atom is 0.408 e. The minimum absolute atomic E-state index is 0.0174. The number of halogens is 6. The van der Waals surface area contributed by atoms with Gasteiger partial charge in [-0.25, -0.2) is 9.37 Å². The molecule has 0 aliphatic heterocycles. The molecule has 1 fully saturated rings. The summed E-state index contributed by atoms with van der Waals surface area (Å²) in [6.45, 7) is 0. The number of alkyl halides is 3. The zero-order valence-corrected chi connectivity index (χ0v) is 17.0. The molecular weight excluding hydrogens is 461 g/mol. The first kappa shape index (κ1) is 21.6. The largest absolute Gasteiger partial charge is 0.408 e. The first-order valence-electron chi connectivity index (χ1n) is 9.12. The van der Waals surface area contributed by atoms with Gasteiger partial charge in [0.1, 0.15) is 33.9 Å². The predicted molar refractivity (Wildman–Crippen MR) is 107 cm³/mol. The zero-order chi connectivity index (χ0) is 22.5. The van der Waals surface area contributed by atoms with Crippen molar-refractivity contribution in [3.8, 4) is 5.69 Å². The Kier molecular flexibility index (Phi) is 5.43. The molecule has 11 heteroatoms. The minimum atomic E-state index is -4.67. The third kappa shape index (κ3) is 4.12. The van der Waals surface area contributed by atoms with E-state index in [1.54, 1.807) is 0 Å². The highest BCUT2D eigenvalue weighted by atomic mass is 35.5. The Bertz CT molecular complexity index is 1240. The molecule has 1 aliphatic rings. The zero-order valence-electron chi connectivity index (χ0n) is 15.5. The van der Waals surface area contributed by atoms with Gasteiger partial charge in [0.2, 0.25) is 5.43 Å². The average molecular weight is 474 g/mol. The van der Waals surface area contributed by atoms with E-state index in [2.05, 4.69) is 4.98 Å². The molecule has 0 saturated heterocycles. The second kappa shape index (κ2) is 7.80. The summed E-state index contributed by atoms with van der Waals surface area (Å²) in [6, 6.07) is 4.29. The molecule has 1 atom stereocenters. The number of hydrogen-bond donors (Lipinski definition) is 1. The summed E-state index contributed by atoms with van der Waals surface area (Å²) >= 11 is 12.0. The van der Waals surface area contributed by atoms with Crippen LogP contribution < -0.4 is 10.7 Å². The molecule has 4 rings (SSSR count). The van der Waals surface area contributed by atoms with E-state index in [9.17, 15) is 27.2 Å². The number of carbonyl (C=O) groups is 1. The molecule has 0 spiro atoms. The number of carbonyl (C=O) groups excluding carboxylic acids is 1. The summed E-state index contributed by atoms with van der Waals surface area (Å²) in [7, 11) is 0. The van der Waals surface area contributed by atoms with Crippen molar-refractivity contribution in [2.24, 2.45) is 5.92 Å². The summed E-state index contributed by atoms with van der Waals surface area (Å²) in [6.07, 6.45) is -3.11. The van der Waals surface area contributed by atoms with Crippen LogP contribution in [0.15, 0.2) is 41.3 Å². The Morgan fingerprint density at radius 2 is 1.90 bits per heavy atom. The second-order valence-electron chi connectivity index (χ2n) is 7.15. The number of hydrogen-bond acceptors (Lipinski definition) is 3. The Morgan fingerprint density at radius 3 is 2.52 bits per heavy atom. The van der Waals surface area contributed by atoms with Gasteiger partial charge in [-0.2, -0.15) is 13.2 Å². The minimum Gasteiger partial charge on any atom is -0.340 e. The van der Waals surface area contributed by atoms with Gasteiger partial charge in [-0.1, -0.05) is 29.3 Å². The third-order valence-corrected chi connectivity index (χ3v) is 5.49. The monoisotopic (exact) mass is 473 g/mol. The van der Waals surface area contributed by atoms with Crippen molar-refractivity contribution in [1.29, 1.82) is 0 Å². The fourth-order valence-electron chi connectivity index (χ4n) is 3.35. The SMILES string of the molecule is O=C(N[C@@H](C1CC1)C(F)(F)F)c1cn(-c2c(F)cccc2Cl)c2nc(Cl)ccc2c1=O. The quantitative estimate of drug-likeness (QED) is 0.432. The topological polar surface area (TPSA) is 64.0 Å². The van der Waals surface area contributed by atoms with Gasteiger partial charge >= 0.3 is 6.18 Å². The van der Waals surface area contributed by atoms with Crippen LogP contribution in [0.4, 0.5) is 17.6 Å². The van der Waals surface area contributed by atoms with Gasteiger partial charge in [-0.15, -0.1) is 0 Å². The predicted octanol–water partition coefficient (Wildman–Crippen LogP) is 4.90. The van der Waals surface area contributed by atoms with Crippen LogP contribution in [-0.4, -0.2) is 27.7 Å². The van der Waals surface area contributed by atoms with Crippen LogP contribution in [0.5, 0.6) is 0 Å². The van der Waals surface area contributed by atoms with Crippen molar-refractivity contribution >= 4 is 40.1 Å². The van der Waals surface area contributed by atoms with Gasteiger partial charge in [-0.05, 0) is 43.0 Å². The lowest BCUT2D eigenvalue weighted by atomic mass is 10.1. The fraction of sp³-hybridized carbons (Fsp3) is 0.250. The number of pyridine rings is 2. The van der Waals surface area contributed by atoms with Gasteiger partial charge in [0.15, 0.2) is 0 Å². The summed E-state index contributed by atoms with van der Waals surface area (Å²) in [5.74, 6) is -2.76. The van der Waals surface area contributed by atoms with Gasteiger partial charge in [0.05, 0.1) is 10.4 Å². The summed E-state index contributed by atoms with van der Waals surface area (Å²) in [4.78, 5) is 29.6. The van der Waals surface area contributed by atoms with Crippen LogP contribution in [0, 0.1) is 11.7 Å². The molecule has 2 heterocycles. The van der Waals surface area contributed by atoms with E-state index in [1.165, 1.54) is 24.3 Å². The second-order valence-corrected chi connectivity index (χ2v) is 7.94. The molecule has 3 aromatic rings. The van der Waals surface area contributed by atoms with E-state index in [0.717, 1.165) is 16.8 Å². The van der Waals surface area contributed by atoms with Crippen LogP contribution in [0.1, 0.15) is 23.2 Å². The van der Waals surface area contributed by atoms with E-state index in [0.29, 0.717) is 12.8 Å². The molecule has 5 nitrogen and oxygen atoms in total. The number of aromatic nitrogens is 2. The first-order chi connectivity index (χ1) is 14.6. The Morgan fingerprint density at radius 1 is 1.19 bits per heavy atom. The maximum absolute atomic E-state index is 14.6. The van der Waals surface area contributed by atoms with Gasteiger partial charge in [0, 0.05) is 6.20 Å². The molecule has 1 aliphatic carbocycles.